The van der Waals surface area contributed by atoms with E-state index >= 15 is 0 Å². The second kappa shape index (κ2) is 7.42. The minimum atomic E-state index is -0.366. The maximum Gasteiger partial charge on any atom is 0.273 e. The molecule has 1 amide bonds. The van der Waals surface area contributed by atoms with E-state index in [2.05, 4.69) is 26.1 Å². The number of phenolic OH excluding ortho intramolecular Hbond substituents is 1. The molecule has 6 nitrogen and oxygen atoms in total. The van der Waals surface area contributed by atoms with E-state index in [0.717, 1.165) is 26.7 Å². The average Bonchev–Trinajstić information content (AvgIpc) is 3.43. The van der Waals surface area contributed by atoms with Crippen LogP contribution in [0.2, 0.25) is 0 Å². The van der Waals surface area contributed by atoms with E-state index in [1.54, 1.807) is 17.2 Å². The van der Waals surface area contributed by atoms with Crippen LogP contribution in [0.3, 0.4) is 0 Å². The molecular formula is C24H20BrN3O3. The molecule has 2 aromatic heterocycles. The number of aromatic hydroxyl groups is 1. The van der Waals surface area contributed by atoms with Gasteiger partial charge in [0.1, 0.15) is 22.9 Å². The molecule has 0 spiro atoms. The number of benzene rings is 2. The van der Waals surface area contributed by atoms with Gasteiger partial charge in [0.15, 0.2) is 0 Å². The summed E-state index contributed by atoms with van der Waals surface area (Å²) in [5.41, 5.74) is 5.25. The van der Waals surface area contributed by atoms with Crippen LogP contribution in [0.15, 0.2) is 63.7 Å². The van der Waals surface area contributed by atoms with Crippen molar-refractivity contribution in [2.45, 2.75) is 26.4 Å². The normalized spacial score (nSPS) is 15.5. The van der Waals surface area contributed by atoms with Crippen LogP contribution in [0.25, 0.3) is 11.3 Å². The highest BCUT2D eigenvalue weighted by Crippen LogP contribution is 2.46. The molecule has 5 rings (SSSR count). The number of carbonyl (C=O) groups excluding carboxylic acids is 1. The van der Waals surface area contributed by atoms with Crippen LogP contribution in [0.5, 0.6) is 5.75 Å². The lowest BCUT2D eigenvalue weighted by Crippen LogP contribution is -2.29. The van der Waals surface area contributed by atoms with Gasteiger partial charge >= 0.3 is 0 Å². The molecule has 156 valence electrons. The molecule has 4 aromatic rings. The number of rotatable bonds is 4. The zero-order valence-electron chi connectivity index (χ0n) is 17.0. The number of nitrogens with one attached hydrogen (secondary N) is 1. The molecule has 3 heterocycles. The minimum Gasteiger partial charge on any atom is -0.507 e. The fraction of sp³-hybridized carbons (Fsp3) is 0.167. The first-order chi connectivity index (χ1) is 14.9. The van der Waals surface area contributed by atoms with Crippen molar-refractivity contribution >= 4 is 21.8 Å². The zero-order chi connectivity index (χ0) is 21.7. The Hall–Kier alpha value is -3.32. The standard InChI is InChI=1S/C24H20BrN3O3/c1-13-10-14(2)19(18(29)11-13)21-20-22(27-26-21)24(30)28(12-17-4-3-9-31-17)23(20)15-5-7-16(25)8-6-15/h3-11,23,29H,12H2,1-2H3,(H,26,27). The third-order valence-corrected chi connectivity index (χ3v) is 6.18. The molecule has 0 bridgehead atoms. The number of phenols is 1. The number of nitrogens with zero attached hydrogens (tertiary/aromatic N) is 2. The second-order valence-corrected chi connectivity index (χ2v) is 8.72. The lowest BCUT2D eigenvalue weighted by Gasteiger charge is -2.26. The predicted octanol–water partition coefficient (Wildman–Crippen LogP) is 5.50. The number of hydrogen-bond donors (Lipinski definition) is 2. The molecular weight excluding hydrogens is 458 g/mol. The summed E-state index contributed by atoms with van der Waals surface area (Å²) < 4.78 is 6.48. The Bertz CT molecular complexity index is 1250. The van der Waals surface area contributed by atoms with E-state index in [1.807, 2.05) is 56.3 Å². The molecule has 0 radical (unpaired) electrons. The fourth-order valence-electron chi connectivity index (χ4n) is 4.37. The SMILES string of the molecule is Cc1cc(C)c(-c2n[nH]c3c2C(c2ccc(Br)cc2)N(Cc2ccco2)C3=O)c(O)c1. The molecule has 2 aromatic carbocycles. The first-order valence-corrected chi connectivity index (χ1v) is 10.7. The molecule has 0 saturated heterocycles. The summed E-state index contributed by atoms with van der Waals surface area (Å²) in [4.78, 5) is 15.2. The van der Waals surface area contributed by atoms with E-state index in [0.29, 0.717) is 29.3 Å². The molecule has 31 heavy (non-hydrogen) atoms. The number of furan rings is 1. The van der Waals surface area contributed by atoms with Crippen molar-refractivity contribution in [3.8, 4) is 17.0 Å². The van der Waals surface area contributed by atoms with Crippen LogP contribution in [0, 0.1) is 13.8 Å². The van der Waals surface area contributed by atoms with E-state index < -0.39 is 0 Å². The highest BCUT2D eigenvalue weighted by molar-refractivity contribution is 9.10. The molecule has 1 aliphatic rings. The quantitative estimate of drug-likeness (QED) is 0.406. The smallest absolute Gasteiger partial charge is 0.273 e. The number of carbonyl (C=O) groups is 1. The highest BCUT2D eigenvalue weighted by Gasteiger charge is 2.43. The zero-order valence-corrected chi connectivity index (χ0v) is 18.6. The van der Waals surface area contributed by atoms with Gasteiger partial charge in [-0.25, -0.2) is 0 Å². The number of amides is 1. The average molecular weight is 478 g/mol. The molecule has 1 unspecified atom stereocenters. The fourth-order valence-corrected chi connectivity index (χ4v) is 4.63. The maximum atomic E-state index is 13.4. The summed E-state index contributed by atoms with van der Waals surface area (Å²) in [6.45, 7) is 4.20. The third-order valence-electron chi connectivity index (χ3n) is 5.65. The van der Waals surface area contributed by atoms with Gasteiger partial charge in [-0.2, -0.15) is 5.10 Å². The van der Waals surface area contributed by atoms with Crippen molar-refractivity contribution in [3.63, 3.8) is 0 Å². The lowest BCUT2D eigenvalue weighted by atomic mass is 9.93. The van der Waals surface area contributed by atoms with E-state index in [-0.39, 0.29) is 17.7 Å². The Morgan fingerprint density at radius 1 is 1.19 bits per heavy atom. The van der Waals surface area contributed by atoms with Gasteiger partial charge in [-0.05, 0) is 60.9 Å². The Kier molecular flexibility index (Phi) is 4.70. The van der Waals surface area contributed by atoms with Crippen LogP contribution in [0.4, 0.5) is 0 Å². The van der Waals surface area contributed by atoms with Crippen molar-refractivity contribution in [1.82, 2.24) is 15.1 Å². The number of aromatic amines is 1. The summed E-state index contributed by atoms with van der Waals surface area (Å²) in [6.07, 6.45) is 1.60. The van der Waals surface area contributed by atoms with Crippen molar-refractivity contribution in [2.24, 2.45) is 0 Å². The highest BCUT2D eigenvalue weighted by atomic mass is 79.9. The van der Waals surface area contributed by atoms with Crippen LogP contribution in [-0.4, -0.2) is 26.1 Å². The Morgan fingerprint density at radius 2 is 1.97 bits per heavy atom. The summed E-state index contributed by atoms with van der Waals surface area (Å²) in [6, 6.07) is 14.9. The van der Waals surface area contributed by atoms with Crippen LogP contribution in [-0.2, 0) is 6.54 Å². The van der Waals surface area contributed by atoms with Gasteiger partial charge in [0.2, 0.25) is 0 Å². The largest absolute Gasteiger partial charge is 0.507 e. The van der Waals surface area contributed by atoms with Gasteiger partial charge in [-0.3, -0.25) is 9.89 Å². The van der Waals surface area contributed by atoms with Crippen molar-refractivity contribution in [2.75, 3.05) is 0 Å². The monoisotopic (exact) mass is 477 g/mol. The maximum absolute atomic E-state index is 13.4. The minimum absolute atomic E-state index is 0.151. The third kappa shape index (κ3) is 3.25. The van der Waals surface area contributed by atoms with Gasteiger partial charge in [0, 0.05) is 15.6 Å². The molecule has 2 N–H and O–H groups in total. The lowest BCUT2D eigenvalue weighted by molar-refractivity contribution is 0.0717. The van der Waals surface area contributed by atoms with Crippen molar-refractivity contribution in [3.05, 3.63) is 93.0 Å². The van der Waals surface area contributed by atoms with Crippen molar-refractivity contribution < 1.29 is 14.3 Å². The number of fused-ring (bicyclic) bond motifs is 1. The summed E-state index contributed by atoms with van der Waals surface area (Å²) in [5, 5.41) is 18.1. The van der Waals surface area contributed by atoms with Crippen LogP contribution >= 0.6 is 15.9 Å². The Morgan fingerprint density at radius 3 is 2.65 bits per heavy atom. The van der Waals surface area contributed by atoms with E-state index in [9.17, 15) is 9.90 Å². The first-order valence-electron chi connectivity index (χ1n) is 9.91. The van der Waals surface area contributed by atoms with Gasteiger partial charge in [-0.1, -0.05) is 34.1 Å². The molecule has 1 aliphatic heterocycles. The Labute approximate surface area is 187 Å². The van der Waals surface area contributed by atoms with Gasteiger partial charge < -0.3 is 14.4 Å². The van der Waals surface area contributed by atoms with E-state index in [4.69, 9.17) is 4.42 Å². The topological polar surface area (TPSA) is 82.4 Å². The number of hydrogen-bond acceptors (Lipinski definition) is 4. The molecule has 7 heteroatoms. The molecule has 0 saturated carbocycles. The molecule has 0 aliphatic carbocycles. The van der Waals surface area contributed by atoms with Crippen LogP contribution < -0.4 is 0 Å². The van der Waals surface area contributed by atoms with Crippen LogP contribution in [0.1, 0.15) is 44.5 Å². The number of halogens is 1. The van der Waals surface area contributed by atoms with E-state index in [1.165, 1.54) is 0 Å². The predicted molar refractivity (Wildman–Crippen MR) is 120 cm³/mol. The molecule has 0 fully saturated rings. The summed E-state index contributed by atoms with van der Waals surface area (Å²) >= 11 is 3.48. The van der Waals surface area contributed by atoms with Gasteiger partial charge in [-0.15, -0.1) is 0 Å². The first kappa shape index (κ1) is 19.6. The number of aryl methyl sites for hydroxylation is 2. The summed E-state index contributed by atoms with van der Waals surface area (Å²) in [7, 11) is 0. The second-order valence-electron chi connectivity index (χ2n) is 7.80. The number of H-pyrrole nitrogens is 1. The molecule has 1 atom stereocenters. The number of aromatic nitrogens is 2. The summed E-state index contributed by atoms with van der Waals surface area (Å²) in [5.74, 6) is 0.699. The van der Waals surface area contributed by atoms with Crippen molar-refractivity contribution in [1.29, 1.82) is 0 Å². The van der Waals surface area contributed by atoms with Gasteiger partial charge in [0.25, 0.3) is 5.91 Å². The Balaban J connectivity index is 1.70. The van der Waals surface area contributed by atoms with Gasteiger partial charge in [0.05, 0.1) is 18.8 Å².